The van der Waals surface area contributed by atoms with Crippen molar-refractivity contribution in [3.63, 3.8) is 0 Å². The van der Waals surface area contributed by atoms with E-state index in [4.69, 9.17) is 6.57 Å². The predicted molar refractivity (Wildman–Crippen MR) is 202 cm³/mol. The summed E-state index contributed by atoms with van der Waals surface area (Å²) in [4.78, 5) is 4.00. The largest absolute Gasteiger partial charge is 0.318 e. The fraction of sp³-hybridized carbons (Fsp3) is 0. The van der Waals surface area contributed by atoms with Crippen molar-refractivity contribution in [2.24, 2.45) is 0 Å². The lowest BCUT2D eigenvalue weighted by atomic mass is 9.91. The highest BCUT2D eigenvalue weighted by Crippen LogP contribution is 2.44. The third-order valence-corrected chi connectivity index (χ3v) is 9.60. The quantitative estimate of drug-likeness (QED) is 0.181. The molecule has 0 aliphatic heterocycles. The van der Waals surface area contributed by atoms with Crippen LogP contribution in [0.3, 0.4) is 0 Å². The average molecular weight is 636 g/mol. The van der Waals surface area contributed by atoms with Gasteiger partial charge in [-0.05, 0) is 82.9 Å². The fourth-order valence-electron chi connectivity index (χ4n) is 7.45. The molecule has 0 saturated heterocycles. The van der Waals surface area contributed by atoms with Crippen molar-refractivity contribution in [3.8, 4) is 45.8 Å². The second-order valence-electron chi connectivity index (χ2n) is 12.3. The van der Waals surface area contributed by atoms with E-state index in [-0.39, 0.29) is 0 Å². The Morgan fingerprint density at radius 1 is 0.460 bits per heavy atom. The van der Waals surface area contributed by atoms with Crippen molar-refractivity contribution in [1.82, 2.24) is 9.13 Å². The zero-order chi connectivity index (χ0) is 33.8. The first-order valence-electron chi connectivity index (χ1n) is 16.3. The molecule has 9 aromatic rings. The first-order chi connectivity index (χ1) is 24.7. The number of hydrogen-bond acceptors (Lipinski definition) is 2. The van der Waals surface area contributed by atoms with Gasteiger partial charge < -0.3 is 9.13 Å². The van der Waals surface area contributed by atoms with Gasteiger partial charge in [0.25, 0.3) is 0 Å². The van der Waals surface area contributed by atoms with E-state index in [0.29, 0.717) is 16.8 Å². The van der Waals surface area contributed by atoms with Gasteiger partial charge in [0.15, 0.2) is 0 Å². The van der Waals surface area contributed by atoms with E-state index in [1.54, 1.807) is 6.07 Å². The van der Waals surface area contributed by atoms with Crippen LogP contribution in [0.15, 0.2) is 152 Å². The van der Waals surface area contributed by atoms with E-state index in [0.717, 1.165) is 77.2 Å². The molecule has 230 valence electrons. The molecule has 0 saturated carbocycles. The third-order valence-electron chi connectivity index (χ3n) is 9.60. The van der Waals surface area contributed by atoms with Gasteiger partial charge in [0.2, 0.25) is 5.69 Å². The summed E-state index contributed by atoms with van der Waals surface area (Å²) in [6.45, 7) is 8.27. The molecule has 5 heteroatoms. The average Bonchev–Trinajstić information content (AvgIpc) is 3.70. The van der Waals surface area contributed by atoms with Crippen molar-refractivity contribution in [1.29, 1.82) is 10.5 Å². The number of nitriles is 2. The van der Waals surface area contributed by atoms with Crippen LogP contribution in [0.4, 0.5) is 5.69 Å². The predicted octanol–water partition coefficient (Wildman–Crippen LogP) is 11.5. The highest BCUT2D eigenvalue weighted by Gasteiger charge is 2.22. The SMILES string of the molecule is [C-]#[N+]c1cc(C#N)cc(-c2ccccc2-c2ccc(-n3c4ccccc4c4cc(C#N)ccc43)cc2)c1-n1c2ccccc2c2ccccc21. The summed E-state index contributed by atoms with van der Waals surface area (Å²) in [5, 5.41) is 24.0. The topological polar surface area (TPSA) is 61.8 Å². The molecule has 0 amide bonds. The molecule has 0 spiro atoms. The van der Waals surface area contributed by atoms with Crippen LogP contribution in [0.5, 0.6) is 0 Å². The molecule has 5 nitrogen and oxygen atoms in total. The summed E-state index contributed by atoms with van der Waals surface area (Å²) in [5.41, 5.74) is 11.1. The van der Waals surface area contributed by atoms with Crippen LogP contribution in [0.25, 0.3) is 82.1 Å². The lowest BCUT2D eigenvalue weighted by molar-refractivity contribution is 1.18. The summed E-state index contributed by atoms with van der Waals surface area (Å²) in [6, 6.07) is 55.5. The maximum atomic E-state index is 10.1. The number of aromatic nitrogens is 2. The maximum Gasteiger partial charge on any atom is 0.212 e. The second-order valence-corrected chi connectivity index (χ2v) is 12.3. The Bertz CT molecular complexity index is 2900. The normalized spacial score (nSPS) is 11.1. The van der Waals surface area contributed by atoms with Crippen LogP contribution < -0.4 is 0 Å². The van der Waals surface area contributed by atoms with Gasteiger partial charge in [0.1, 0.15) is 0 Å². The first-order valence-corrected chi connectivity index (χ1v) is 16.3. The molecule has 50 heavy (non-hydrogen) atoms. The van der Waals surface area contributed by atoms with E-state index in [2.05, 4.69) is 98.9 Å². The highest BCUT2D eigenvalue weighted by atomic mass is 15.0. The van der Waals surface area contributed by atoms with Gasteiger partial charge >= 0.3 is 0 Å². The molecule has 0 radical (unpaired) electrons. The Morgan fingerprint density at radius 2 is 1.00 bits per heavy atom. The Balaban J connectivity index is 1.26. The zero-order valence-electron chi connectivity index (χ0n) is 26.7. The van der Waals surface area contributed by atoms with Crippen molar-refractivity contribution in [3.05, 3.63) is 174 Å². The van der Waals surface area contributed by atoms with E-state index in [1.165, 1.54) is 0 Å². The molecule has 2 heterocycles. The van der Waals surface area contributed by atoms with E-state index < -0.39 is 0 Å². The lowest BCUT2D eigenvalue weighted by Gasteiger charge is -2.19. The monoisotopic (exact) mass is 635 g/mol. The maximum absolute atomic E-state index is 10.1. The van der Waals surface area contributed by atoms with Crippen LogP contribution in [0.2, 0.25) is 0 Å². The summed E-state index contributed by atoms with van der Waals surface area (Å²) >= 11 is 0. The number of benzene rings is 7. The number of fused-ring (bicyclic) bond motifs is 6. The molecule has 0 atom stereocenters. The van der Waals surface area contributed by atoms with Crippen molar-refractivity contribution < 1.29 is 0 Å². The Kier molecular flexibility index (Phi) is 6.56. The molecule has 0 unspecified atom stereocenters. The van der Waals surface area contributed by atoms with E-state index in [9.17, 15) is 10.5 Å². The minimum Gasteiger partial charge on any atom is -0.318 e. The van der Waals surface area contributed by atoms with Crippen LogP contribution >= 0.6 is 0 Å². The molecule has 0 aliphatic carbocycles. The van der Waals surface area contributed by atoms with Crippen LogP contribution in [-0.4, -0.2) is 9.13 Å². The number of para-hydroxylation sites is 3. The first kappa shape index (κ1) is 28.8. The van der Waals surface area contributed by atoms with Crippen LogP contribution in [0, 0.1) is 29.2 Å². The molecule has 2 aromatic heterocycles. The van der Waals surface area contributed by atoms with Crippen molar-refractivity contribution in [2.45, 2.75) is 0 Å². The summed E-state index contributed by atoms with van der Waals surface area (Å²) in [5.74, 6) is 0. The molecular weight excluding hydrogens is 611 g/mol. The van der Waals surface area contributed by atoms with E-state index in [1.807, 2.05) is 72.8 Å². The summed E-state index contributed by atoms with van der Waals surface area (Å²) in [6.07, 6.45) is 0. The lowest BCUT2D eigenvalue weighted by Crippen LogP contribution is -2.00. The fourth-order valence-corrected chi connectivity index (χ4v) is 7.45. The van der Waals surface area contributed by atoms with E-state index >= 15 is 0 Å². The second kappa shape index (κ2) is 11.4. The van der Waals surface area contributed by atoms with Gasteiger partial charge in [0, 0.05) is 32.8 Å². The molecule has 7 aromatic carbocycles. The standard InChI is InChI=1S/C45H25N5/c1-48-40-26-30(28-47)25-39(45(40)50-42-16-8-4-12-35(42)36-13-5-9-17-43(36)50)34-11-3-2-10-33(34)31-19-21-32(22-20-31)49-41-15-7-6-14-37(41)38-24-29(27-46)18-23-44(38)49/h2-26H. The van der Waals surface area contributed by atoms with Gasteiger partial charge in [-0.2, -0.15) is 10.5 Å². The molecule has 0 fully saturated rings. The molecule has 9 rings (SSSR count). The number of hydrogen-bond donors (Lipinski definition) is 0. The zero-order valence-corrected chi connectivity index (χ0v) is 26.7. The van der Waals surface area contributed by atoms with Gasteiger partial charge in [-0.25, -0.2) is 4.85 Å². The smallest absolute Gasteiger partial charge is 0.212 e. The minimum absolute atomic E-state index is 0.418. The van der Waals surface area contributed by atoms with Crippen LogP contribution in [0.1, 0.15) is 11.1 Å². The molecular formula is C45H25N5. The van der Waals surface area contributed by atoms with Gasteiger partial charge in [-0.3, -0.25) is 0 Å². The molecule has 0 aliphatic rings. The summed E-state index contributed by atoms with van der Waals surface area (Å²) in [7, 11) is 0. The van der Waals surface area contributed by atoms with Crippen molar-refractivity contribution in [2.75, 3.05) is 0 Å². The van der Waals surface area contributed by atoms with Gasteiger partial charge in [0.05, 0.1) is 52.0 Å². The van der Waals surface area contributed by atoms with Crippen LogP contribution in [-0.2, 0) is 0 Å². The molecule has 0 N–H and O–H groups in total. The molecule has 0 bridgehead atoms. The number of rotatable bonds is 4. The third kappa shape index (κ3) is 4.31. The van der Waals surface area contributed by atoms with Crippen molar-refractivity contribution >= 4 is 49.3 Å². The Labute approximate surface area is 288 Å². The summed E-state index contributed by atoms with van der Waals surface area (Å²) < 4.78 is 4.41. The van der Waals surface area contributed by atoms with Gasteiger partial charge in [-0.15, -0.1) is 0 Å². The Hall–Kier alpha value is -7.39. The highest BCUT2D eigenvalue weighted by molar-refractivity contribution is 6.11. The Morgan fingerprint density at radius 3 is 1.62 bits per heavy atom. The number of nitrogens with zero attached hydrogens (tertiary/aromatic N) is 5. The minimum atomic E-state index is 0.418. The van der Waals surface area contributed by atoms with Gasteiger partial charge in [-0.1, -0.05) is 91.0 Å².